The molecule has 1 saturated heterocycles. The number of imide groups is 2. The van der Waals surface area contributed by atoms with Crippen molar-refractivity contribution in [2.75, 3.05) is 45.0 Å². The maximum absolute atomic E-state index is 12.5. The number of likely N-dealkylation sites (tertiary alicyclic amines) is 1. The van der Waals surface area contributed by atoms with E-state index >= 15 is 0 Å². The number of hydrogen-bond donors (Lipinski definition) is 3. The summed E-state index contributed by atoms with van der Waals surface area (Å²) in [6.07, 6.45) is 2.02. The highest BCUT2D eigenvalue weighted by atomic mass is 32.2. The van der Waals surface area contributed by atoms with E-state index in [1.807, 2.05) is 0 Å². The minimum absolute atomic E-state index is 0.00489. The number of amides is 5. The minimum Gasteiger partial charge on any atom is -0.353 e. The third-order valence-electron chi connectivity index (χ3n) is 5.64. The molecule has 0 aromatic carbocycles. The molecule has 0 saturated carbocycles. The second-order valence-electron chi connectivity index (χ2n) is 8.83. The predicted octanol–water partition coefficient (Wildman–Crippen LogP) is -2.03. The molecule has 14 nitrogen and oxygen atoms in total. The van der Waals surface area contributed by atoms with Gasteiger partial charge in [0.25, 0.3) is 21.9 Å². The summed E-state index contributed by atoms with van der Waals surface area (Å²) in [5, 5.41) is 1.81. The third-order valence-corrected chi connectivity index (χ3v) is 6.85. The highest BCUT2D eigenvalue weighted by Gasteiger charge is 2.35. The van der Waals surface area contributed by atoms with Crippen molar-refractivity contribution in [1.29, 1.82) is 0 Å². The van der Waals surface area contributed by atoms with Gasteiger partial charge in [0.2, 0.25) is 17.7 Å². The molecule has 0 spiro atoms. The third kappa shape index (κ3) is 10.4. The van der Waals surface area contributed by atoms with Crippen LogP contribution in [0.1, 0.15) is 32.1 Å². The molecule has 2 aliphatic rings. The average molecular weight is 575 g/mol. The maximum atomic E-state index is 12.5. The number of carbonyl (C=O) groups is 7. The number of nitrogens with zero attached hydrogens (tertiary/aromatic N) is 3. The standard InChI is InChI=1S/C22H30N4O10S2/c27-15(3-1-8-26-21(32)11-17(37)22(26)33)12-24(13-16(28)4-2-10-38(34,35)36)14-18(29)23-7-9-25-19(30)5-6-20(25)31/h5-6,17,37H,1-4,7-14H2,(H,23,29)(H,34,35,36). The van der Waals surface area contributed by atoms with Crippen molar-refractivity contribution in [3.8, 4) is 0 Å². The Hall–Kier alpha value is -2.95. The zero-order valence-electron chi connectivity index (χ0n) is 20.5. The fourth-order valence-corrected chi connectivity index (χ4v) is 4.63. The molecule has 210 valence electrons. The molecule has 2 aliphatic heterocycles. The first kappa shape index (κ1) is 31.3. The van der Waals surface area contributed by atoms with E-state index < -0.39 is 50.5 Å². The van der Waals surface area contributed by atoms with E-state index in [0.717, 1.165) is 22.0 Å². The summed E-state index contributed by atoms with van der Waals surface area (Å²) < 4.78 is 30.5. The van der Waals surface area contributed by atoms with E-state index in [4.69, 9.17) is 4.55 Å². The Morgan fingerprint density at radius 1 is 0.947 bits per heavy atom. The van der Waals surface area contributed by atoms with Crippen molar-refractivity contribution in [2.24, 2.45) is 0 Å². The van der Waals surface area contributed by atoms with Crippen LogP contribution in [0.25, 0.3) is 0 Å². The van der Waals surface area contributed by atoms with Gasteiger partial charge in [-0.15, -0.1) is 0 Å². The molecule has 0 aromatic heterocycles. The van der Waals surface area contributed by atoms with Crippen molar-refractivity contribution in [1.82, 2.24) is 20.0 Å². The maximum Gasteiger partial charge on any atom is 0.264 e. The molecule has 2 rings (SSSR count). The second-order valence-corrected chi connectivity index (χ2v) is 11.0. The number of rotatable bonds is 17. The smallest absolute Gasteiger partial charge is 0.264 e. The highest BCUT2D eigenvalue weighted by molar-refractivity contribution is 7.85. The predicted molar refractivity (Wildman–Crippen MR) is 134 cm³/mol. The second kappa shape index (κ2) is 14.3. The first-order valence-corrected chi connectivity index (χ1v) is 13.9. The van der Waals surface area contributed by atoms with Gasteiger partial charge >= 0.3 is 0 Å². The summed E-state index contributed by atoms with van der Waals surface area (Å²) in [4.78, 5) is 87.4. The van der Waals surface area contributed by atoms with Crippen molar-refractivity contribution < 1.29 is 46.5 Å². The summed E-state index contributed by atoms with van der Waals surface area (Å²) in [7, 11) is -4.24. The van der Waals surface area contributed by atoms with E-state index in [1.165, 1.54) is 4.90 Å². The normalized spacial score (nSPS) is 17.7. The fourth-order valence-electron chi connectivity index (χ4n) is 3.83. The molecule has 0 bridgehead atoms. The zero-order valence-corrected chi connectivity index (χ0v) is 22.2. The number of carbonyl (C=O) groups excluding carboxylic acids is 7. The zero-order chi connectivity index (χ0) is 28.5. The van der Waals surface area contributed by atoms with Crippen LogP contribution in [0.5, 0.6) is 0 Å². The molecule has 38 heavy (non-hydrogen) atoms. The lowest BCUT2D eigenvalue weighted by Crippen LogP contribution is -2.44. The Bertz CT molecular complexity index is 1100. The molecule has 16 heteroatoms. The van der Waals surface area contributed by atoms with E-state index in [-0.39, 0.29) is 83.1 Å². The lowest BCUT2D eigenvalue weighted by atomic mass is 10.1. The summed E-state index contributed by atoms with van der Waals surface area (Å²) >= 11 is 4.03. The van der Waals surface area contributed by atoms with Crippen LogP contribution in [0.3, 0.4) is 0 Å². The quantitative estimate of drug-likeness (QED) is 0.0985. The minimum atomic E-state index is -4.24. The summed E-state index contributed by atoms with van der Waals surface area (Å²) in [5.74, 6) is -3.81. The van der Waals surface area contributed by atoms with Crippen molar-refractivity contribution >= 4 is 63.8 Å². The fraction of sp³-hybridized carbons (Fsp3) is 0.591. The number of thiol groups is 1. The van der Waals surface area contributed by atoms with Crippen molar-refractivity contribution in [2.45, 2.75) is 37.4 Å². The van der Waals surface area contributed by atoms with Gasteiger partial charge in [-0.25, -0.2) is 0 Å². The molecule has 2 N–H and O–H groups in total. The Morgan fingerprint density at radius 3 is 2.05 bits per heavy atom. The molecule has 1 atom stereocenters. The van der Waals surface area contributed by atoms with Crippen LogP contribution < -0.4 is 5.32 Å². The largest absolute Gasteiger partial charge is 0.353 e. The van der Waals surface area contributed by atoms with Gasteiger partial charge in [-0.05, 0) is 12.8 Å². The lowest BCUT2D eigenvalue weighted by Gasteiger charge is -2.21. The molecule has 0 aromatic rings. The number of hydrogen-bond acceptors (Lipinski definition) is 11. The van der Waals surface area contributed by atoms with Gasteiger partial charge in [-0.2, -0.15) is 21.0 Å². The van der Waals surface area contributed by atoms with Crippen LogP contribution in [0.2, 0.25) is 0 Å². The Labute approximate surface area is 224 Å². The van der Waals surface area contributed by atoms with Gasteiger partial charge in [0.05, 0.1) is 30.6 Å². The summed E-state index contributed by atoms with van der Waals surface area (Å²) in [6.45, 7) is -1.10. The van der Waals surface area contributed by atoms with Crippen LogP contribution >= 0.6 is 12.6 Å². The van der Waals surface area contributed by atoms with Crippen LogP contribution in [0.15, 0.2) is 12.2 Å². The van der Waals surface area contributed by atoms with Gasteiger partial charge in [0.1, 0.15) is 11.6 Å². The molecular weight excluding hydrogens is 544 g/mol. The number of Topliss-reactive ketones (excluding diaryl/α,β-unsaturated/α-hetero) is 2. The van der Waals surface area contributed by atoms with Crippen LogP contribution in [0, 0.1) is 0 Å². The van der Waals surface area contributed by atoms with Crippen LogP contribution in [-0.4, -0.2) is 119 Å². The summed E-state index contributed by atoms with van der Waals surface area (Å²) in [6, 6.07) is 0. The van der Waals surface area contributed by atoms with Gasteiger partial charge in [0.15, 0.2) is 0 Å². The Kier molecular flexibility index (Phi) is 11.7. The van der Waals surface area contributed by atoms with Crippen LogP contribution in [0.4, 0.5) is 0 Å². The van der Waals surface area contributed by atoms with Crippen molar-refractivity contribution in [3.63, 3.8) is 0 Å². The molecule has 2 heterocycles. The van der Waals surface area contributed by atoms with Gasteiger partial charge < -0.3 is 5.32 Å². The molecule has 1 fully saturated rings. The highest BCUT2D eigenvalue weighted by Crippen LogP contribution is 2.18. The number of nitrogens with one attached hydrogen (secondary N) is 1. The van der Waals surface area contributed by atoms with Gasteiger partial charge in [0, 0.05) is 51.0 Å². The first-order chi connectivity index (χ1) is 17.8. The van der Waals surface area contributed by atoms with Gasteiger partial charge in [-0.1, -0.05) is 0 Å². The molecular formula is C22H30N4O10S2. The first-order valence-electron chi connectivity index (χ1n) is 11.8. The van der Waals surface area contributed by atoms with E-state index in [1.54, 1.807) is 0 Å². The topological polar surface area (TPSA) is 196 Å². The average Bonchev–Trinajstić information content (AvgIpc) is 3.24. The van der Waals surface area contributed by atoms with E-state index in [9.17, 15) is 42.0 Å². The van der Waals surface area contributed by atoms with Crippen LogP contribution in [-0.2, 0) is 43.7 Å². The lowest BCUT2D eigenvalue weighted by molar-refractivity contribution is -0.139. The van der Waals surface area contributed by atoms with Crippen molar-refractivity contribution in [3.05, 3.63) is 12.2 Å². The SMILES string of the molecule is O=C(CCCN1C(=O)CC(S)C1=O)CN(CC(=O)CCCS(=O)(=O)O)CC(=O)NCCN1C(=O)C=CC1=O. The van der Waals surface area contributed by atoms with E-state index in [0.29, 0.717) is 0 Å². The Balaban J connectivity index is 1.86. The number of ketones is 2. The van der Waals surface area contributed by atoms with E-state index in [2.05, 4.69) is 17.9 Å². The summed E-state index contributed by atoms with van der Waals surface area (Å²) in [5.41, 5.74) is 0. The monoisotopic (exact) mass is 574 g/mol. The van der Waals surface area contributed by atoms with Gasteiger partial charge in [-0.3, -0.25) is 52.8 Å². The Morgan fingerprint density at radius 2 is 1.53 bits per heavy atom. The molecule has 0 aliphatic carbocycles. The molecule has 0 radical (unpaired) electrons. The molecule has 5 amide bonds. The molecule has 1 unspecified atom stereocenters.